The maximum Gasteiger partial charge on any atom is 0.335 e. The molecule has 4 heteroatoms. The Morgan fingerprint density at radius 2 is 1.91 bits per heavy atom. The Bertz CT molecular complexity index is 258. The molecular formula is C7H6FNO2. The molecule has 1 rings (SSSR count). The Kier molecular flexibility index (Phi) is 2.06. The minimum Gasteiger partial charge on any atom is -0.478 e. The van der Waals surface area contributed by atoms with Gasteiger partial charge in [-0.15, -0.1) is 4.48 Å². The van der Waals surface area contributed by atoms with Crippen molar-refractivity contribution < 1.29 is 14.4 Å². The highest BCUT2D eigenvalue weighted by molar-refractivity contribution is 5.87. The summed E-state index contributed by atoms with van der Waals surface area (Å²) in [5.41, 5.74) is 1.79. The van der Waals surface area contributed by atoms with Crippen LogP contribution in [0.25, 0.3) is 0 Å². The fourth-order valence-electron chi connectivity index (χ4n) is 0.676. The number of carboxylic acid groups (broad SMARTS) is 1. The smallest absolute Gasteiger partial charge is 0.335 e. The molecule has 1 aromatic rings. The molecule has 2 N–H and O–H groups in total. The monoisotopic (exact) mass is 155 g/mol. The fourth-order valence-corrected chi connectivity index (χ4v) is 0.676. The van der Waals surface area contributed by atoms with E-state index in [2.05, 4.69) is 0 Å². The van der Waals surface area contributed by atoms with E-state index in [1.807, 2.05) is 0 Å². The molecule has 0 saturated heterocycles. The van der Waals surface area contributed by atoms with Crippen molar-refractivity contribution in [2.75, 3.05) is 5.54 Å². The van der Waals surface area contributed by atoms with Gasteiger partial charge in [0, 0.05) is 0 Å². The minimum atomic E-state index is -1.02. The molecule has 0 unspecified atom stereocenters. The molecule has 58 valence electrons. The van der Waals surface area contributed by atoms with Gasteiger partial charge in [0.25, 0.3) is 0 Å². The third-order valence-electron chi connectivity index (χ3n) is 1.24. The van der Waals surface area contributed by atoms with Crippen molar-refractivity contribution in [1.82, 2.24) is 0 Å². The zero-order valence-corrected chi connectivity index (χ0v) is 5.54. The van der Waals surface area contributed by atoms with Gasteiger partial charge in [-0.3, -0.25) is 0 Å². The van der Waals surface area contributed by atoms with E-state index in [9.17, 15) is 9.28 Å². The van der Waals surface area contributed by atoms with Gasteiger partial charge in [-0.2, -0.15) is 0 Å². The molecule has 0 aliphatic heterocycles. The third-order valence-corrected chi connectivity index (χ3v) is 1.24. The van der Waals surface area contributed by atoms with Crippen LogP contribution < -0.4 is 5.54 Å². The van der Waals surface area contributed by atoms with Crippen LogP contribution in [0.2, 0.25) is 0 Å². The van der Waals surface area contributed by atoms with E-state index in [4.69, 9.17) is 5.11 Å². The molecule has 0 atom stereocenters. The molecular weight excluding hydrogens is 149 g/mol. The molecule has 0 saturated carbocycles. The summed E-state index contributed by atoms with van der Waals surface area (Å²) in [5, 5.41) is 8.43. The van der Waals surface area contributed by atoms with Gasteiger partial charge in [0.05, 0.1) is 11.3 Å². The average molecular weight is 155 g/mol. The van der Waals surface area contributed by atoms with Crippen molar-refractivity contribution >= 4 is 11.7 Å². The Balaban J connectivity index is 2.91. The number of rotatable bonds is 2. The maximum atomic E-state index is 11.7. The second-order valence-corrected chi connectivity index (χ2v) is 1.98. The second-order valence-electron chi connectivity index (χ2n) is 1.98. The highest BCUT2D eigenvalue weighted by Gasteiger charge is 2.00. The van der Waals surface area contributed by atoms with Gasteiger partial charge in [-0.25, -0.2) is 10.3 Å². The van der Waals surface area contributed by atoms with E-state index in [1.54, 1.807) is 0 Å². The number of anilines is 1. The normalized spacial score (nSPS) is 9.18. The number of hydrogen-bond acceptors (Lipinski definition) is 2. The van der Waals surface area contributed by atoms with Crippen molar-refractivity contribution in [2.45, 2.75) is 0 Å². The van der Waals surface area contributed by atoms with Crippen molar-refractivity contribution in [2.24, 2.45) is 0 Å². The summed E-state index contributed by atoms with van der Waals surface area (Å²) < 4.78 is 11.7. The van der Waals surface area contributed by atoms with Gasteiger partial charge < -0.3 is 5.11 Å². The van der Waals surface area contributed by atoms with E-state index in [1.165, 1.54) is 29.8 Å². The molecule has 0 bridgehead atoms. The lowest BCUT2D eigenvalue weighted by molar-refractivity contribution is 0.0697. The zero-order valence-electron chi connectivity index (χ0n) is 5.54. The standard InChI is InChI=1S/C7H6FNO2/c8-9-6-3-1-5(2-4-6)7(10)11/h1-4,9H,(H,10,11). The third kappa shape index (κ3) is 1.67. The molecule has 0 spiro atoms. The largest absolute Gasteiger partial charge is 0.478 e. The van der Waals surface area contributed by atoms with Crippen LogP contribution in [0.5, 0.6) is 0 Å². The SMILES string of the molecule is O=C(O)c1ccc(NF)cc1. The Hall–Kier alpha value is -1.58. The highest BCUT2D eigenvalue weighted by Crippen LogP contribution is 2.08. The predicted octanol–water partition coefficient (Wildman–Crippen LogP) is 1.68. The molecule has 3 nitrogen and oxygen atoms in total. The second kappa shape index (κ2) is 3.01. The van der Waals surface area contributed by atoms with Crippen LogP contribution >= 0.6 is 0 Å². The highest BCUT2D eigenvalue weighted by atomic mass is 19.2. The first-order valence-electron chi connectivity index (χ1n) is 2.94. The average Bonchev–Trinajstić information content (AvgIpc) is 2.05. The molecule has 0 radical (unpaired) electrons. The first-order valence-corrected chi connectivity index (χ1v) is 2.94. The van der Waals surface area contributed by atoms with Crippen LogP contribution in [0.3, 0.4) is 0 Å². The van der Waals surface area contributed by atoms with E-state index in [-0.39, 0.29) is 11.3 Å². The van der Waals surface area contributed by atoms with Crippen LogP contribution in [-0.2, 0) is 0 Å². The topological polar surface area (TPSA) is 49.3 Å². The lowest BCUT2D eigenvalue weighted by Gasteiger charge is -1.95. The molecule has 11 heavy (non-hydrogen) atoms. The molecule has 0 aliphatic carbocycles. The van der Waals surface area contributed by atoms with Crippen LogP contribution in [-0.4, -0.2) is 11.1 Å². The van der Waals surface area contributed by atoms with Crippen LogP contribution in [0.1, 0.15) is 10.4 Å². The van der Waals surface area contributed by atoms with Crippen molar-refractivity contribution in [3.8, 4) is 0 Å². The van der Waals surface area contributed by atoms with E-state index < -0.39 is 5.97 Å². The Morgan fingerprint density at radius 1 is 1.36 bits per heavy atom. The number of benzene rings is 1. The first-order chi connectivity index (χ1) is 5.24. The Morgan fingerprint density at radius 3 is 2.27 bits per heavy atom. The van der Waals surface area contributed by atoms with E-state index >= 15 is 0 Å². The molecule has 0 aliphatic rings. The van der Waals surface area contributed by atoms with Gasteiger partial charge in [0.1, 0.15) is 0 Å². The molecule has 0 fully saturated rings. The van der Waals surface area contributed by atoms with Crippen molar-refractivity contribution in [3.05, 3.63) is 29.8 Å². The Labute approximate surface area is 62.4 Å². The van der Waals surface area contributed by atoms with Gasteiger partial charge in [-0.1, -0.05) is 0 Å². The van der Waals surface area contributed by atoms with Gasteiger partial charge in [-0.05, 0) is 24.3 Å². The van der Waals surface area contributed by atoms with Gasteiger partial charge in [0.15, 0.2) is 0 Å². The number of aromatic carboxylic acids is 1. The van der Waals surface area contributed by atoms with Crippen LogP contribution in [0, 0.1) is 0 Å². The van der Waals surface area contributed by atoms with Crippen molar-refractivity contribution in [3.63, 3.8) is 0 Å². The number of carbonyl (C=O) groups is 1. The summed E-state index contributed by atoms with van der Waals surface area (Å²) in [6, 6.07) is 5.35. The zero-order chi connectivity index (χ0) is 8.27. The summed E-state index contributed by atoms with van der Waals surface area (Å²) in [5.74, 6) is -1.02. The lowest BCUT2D eigenvalue weighted by Crippen LogP contribution is -1.95. The lowest BCUT2D eigenvalue weighted by atomic mass is 10.2. The number of carboxylic acids is 1. The molecule has 0 heterocycles. The number of nitrogens with one attached hydrogen (secondary N) is 1. The fraction of sp³-hybridized carbons (Fsp3) is 0. The summed E-state index contributed by atoms with van der Waals surface area (Å²) >= 11 is 0. The summed E-state index contributed by atoms with van der Waals surface area (Å²) in [6.07, 6.45) is 0. The van der Waals surface area contributed by atoms with Crippen LogP contribution in [0.15, 0.2) is 24.3 Å². The summed E-state index contributed by atoms with van der Waals surface area (Å²) in [6.45, 7) is 0. The van der Waals surface area contributed by atoms with E-state index in [0.29, 0.717) is 0 Å². The number of hydrogen-bond donors (Lipinski definition) is 2. The molecule has 0 aromatic heterocycles. The quantitative estimate of drug-likeness (QED) is 0.639. The van der Waals surface area contributed by atoms with Crippen LogP contribution in [0.4, 0.5) is 10.2 Å². The predicted molar refractivity (Wildman–Crippen MR) is 38.1 cm³/mol. The first kappa shape index (κ1) is 7.53. The summed E-state index contributed by atoms with van der Waals surface area (Å²) in [4.78, 5) is 10.3. The maximum absolute atomic E-state index is 11.7. The van der Waals surface area contributed by atoms with Gasteiger partial charge in [0.2, 0.25) is 0 Å². The van der Waals surface area contributed by atoms with Gasteiger partial charge >= 0.3 is 5.97 Å². The minimum absolute atomic E-state index is 0.143. The van der Waals surface area contributed by atoms with E-state index in [0.717, 1.165) is 0 Å². The molecule has 0 amide bonds. The van der Waals surface area contributed by atoms with Crippen molar-refractivity contribution in [1.29, 1.82) is 0 Å². The molecule has 1 aromatic carbocycles. The number of halogens is 1. The summed E-state index contributed by atoms with van der Waals surface area (Å²) in [7, 11) is 0.